The third-order valence-electron chi connectivity index (χ3n) is 4.24. The van der Waals surface area contributed by atoms with E-state index in [0.717, 1.165) is 33.0 Å². The van der Waals surface area contributed by atoms with E-state index in [1.807, 2.05) is 0 Å². The first kappa shape index (κ1) is 22.7. The number of amides is 1. The number of anilines is 1. The molecule has 1 aromatic carbocycles. The molecule has 11 heteroatoms. The molecule has 0 radical (unpaired) electrons. The Kier molecular flexibility index (Phi) is 7.94. The fourth-order valence-electron chi connectivity index (χ4n) is 2.79. The van der Waals surface area contributed by atoms with Crippen molar-refractivity contribution in [2.45, 2.75) is 25.3 Å². The van der Waals surface area contributed by atoms with Crippen LogP contribution in [0.25, 0.3) is 0 Å². The van der Waals surface area contributed by atoms with Crippen molar-refractivity contribution in [1.82, 2.24) is 5.32 Å². The smallest absolute Gasteiger partial charge is 0.419 e. The van der Waals surface area contributed by atoms with Crippen molar-refractivity contribution in [1.29, 1.82) is 0 Å². The molecule has 6 nitrogen and oxygen atoms in total. The highest BCUT2D eigenvalue weighted by Crippen LogP contribution is 2.29. The van der Waals surface area contributed by atoms with Crippen molar-refractivity contribution < 1.29 is 32.2 Å². The lowest BCUT2D eigenvalue weighted by atomic mass is 9.97. The lowest BCUT2D eigenvalue weighted by Crippen LogP contribution is -2.47. The molecule has 0 saturated carbocycles. The zero-order valence-electron chi connectivity index (χ0n) is 14.9. The summed E-state index contributed by atoms with van der Waals surface area (Å²) in [6, 6.07) is 4.39. The number of rotatable bonds is 6. The zero-order chi connectivity index (χ0) is 20.9. The average Bonchev–Trinajstić information content (AvgIpc) is 2.65. The third-order valence-corrected chi connectivity index (χ3v) is 4.98. The second-order valence-corrected chi connectivity index (χ2v) is 7.03. The first-order valence-electron chi connectivity index (χ1n) is 8.41. The molecule has 0 aliphatic carbocycles. The minimum absolute atomic E-state index is 0.0930. The van der Waals surface area contributed by atoms with Crippen molar-refractivity contribution in [3.05, 3.63) is 28.2 Å². The summed E-state index contributed by atoms with van der Waals surface area (Å²) in [6.45, 7) is 1.71. The van der Waals surface area contributed by atoms with Crippen LogP contribution in [0.5, 0.6) is 0 Å². The summed E-state index contributed by atoms with van der Waals surface area (Å²) in [5.41, 5.74) is 0.308. The molecule has 1 unspecified atom stereocenters. The number of ether oxygens (including phenoxy) is 2. The molecule has 1 aromatic rings. The Morgan fingerprint density at radius 3 is 2.43 bits per heavy atom. The van der Waals surface area contributed by atoms with E-state index in [0.29, 0.717) is 5.69 Å². The van der Waals surface area contributed by atoms with E-state index in [1.165, 1.54) is 23.1 Å². The maximum absolute atomic E-state index is 12.9. The molecule has 1 amide bonds. The minimum atomic E-state index is -5.25. The number of hydrogen-bond acceptors (Lipinski definition) is 5. The first-order valence-corrected chi connectivity index (χ1v) is 9.16. The first-order chi connectivity index (χ1) is 13.1. The van der Waals surface area contributed by atoms with E-state index in [9.17, 15) is 22.8 Å². The summed E-state index contributed by atoms with van der Waals surface area (Å²) >= 11 is 11.9. The monoisotopic (exact) mass is 442 g/mol. The van der Waals surface area contributed by atoms with Gasteiger partial charge in [-0.3, -0.25) is 4.79 Å². The van der Waals surface area contributed by atoms with Crippen LogP contribution < -0.4 is 10.2 Å². The Labute approximate surface area is 169 Å². The van der Waals surface area contributed by atoms with Gasteiger partial charge in [-0.05, 0) is 50.0 Å². The molecule has 1 aliphatic heterocycles. The second-order valence-electron chi connectivity index (χ2n) is 6.21. The van der Waals surface area contributed by atoms with Crippen molar-refractivity contribution in [3.63, 3.8) is 0 Å². The number of piperidine rings is 1. The number of alkyl halides is 3. The van der Waals surface area contributed by atoms with Crippen molar-refractivity contribution >= 4 is 40.8 Å². The van der Waals surface area contributed by atoms with Gasteiger partial charge in [0.05, 0.1) is 10.0 Å². The SMILES string of the molecule is COC(OC(=O)C(F)(F)F)C(=O)N(CC1CCNCC1)c1ccc(Cl)c(Cl)c1. The topological polar surface area (TPSA) is 67.9 Å². The number of methoxy groups -OCH3 is 1. The second kappa shape index (κ2) is 9.78. The Morgan fingerprint density at radius 2 is 1.89 bits per heavy atom. The molecule has 1 aliphatic rings. The molecule has 1 N–H and O–H groups in total. The van der Waals surface area contributed by atoms with E-state index < -0.39 is 24.3 Å². The predicted molar refractivity (Wildman–Crippen MR) is 97.4 cm³/mol. The Hall–Kier alpha value is -1.55. The summed E-state index contributed by atoms with van der Waals surface area (Å²) < 4.78 is 46.5. The average molecular weight is 443 g/mol. The molecule has 0 bridgehead atoms. The largest absolute Gasteiger partial charge is 0.491 e. The lowest BCUT2D eigenvalue weighted by molar-refractivity contribution is -0.221. The third kappa shape index (κ3) is 5.97. The molecular formula is C17H19Cl2F3N2O4. The normalized spacial score (nSPS) is 16.5. The number of nitrogens with one attached hydrogen (secondary N) is 1. The summed E-state index contributed by atoms with van der Waals surface area (Å²) in [6.07, 6.45) is -5.76. The van der Waals surface area contributed by atoms with Gasteiger partial charge in [0.25, 0.3) is 12.2 Å². The molecule has 1 atom stereocenters. The van der Waals surface area contributed by atoms with Gasteiger partial charge in [0, 0.05) is 19.3 Å². The van der Waals surface area contributed by atoms with Crippen LogP contribution in [0.3, 0.4) is 0 Å². The van der Waals surface area contributed by atoms with Crippen LogP contribution in [0.4, 0.5) is 18.9 Å². The maximum atomic E-state index is 12.9. The Morgan fingerprint density at radius 1 is 1.25 bits per heavy atom. The van der Waals surface area contributed by atoms with Gasteiger partial charge in [-0.15, -0.1) is 0 Å². The maximum Gasteiger partial charge on any atom is 0.491 e. The van der Waals surface area contributed by atoms with Gasteiger partial charge >= 0.3 is 12.1 Å². The van der Waals surface area contributed by atoms with Gasteiger partial charge in [0.1, 0.15) is 0 Å². The van der Waals surface area contributed by atoms with E-state index in [2.05, 4.69) is 10.1 Å². The van der Waals surface area contributed by atoms with Crippen molar-refractivity contribution in [3.8, 4) is 0 Å². The Balaban J connectivity index is 2.28. The van der Waals surface area contributed by atoms with Crippen LogP contribution in [0.15, 0.2) is 18.2 Å². The minimum Gasteiger partial charge on any atom is -0.419 e. The standard InChI is InChI=1S/C17H19Cl2F3N2O4/c1-27-15(28-16(26)17(20,21)22)14(25)24(9-10-4-6-23-7-5-10)11-2-3-12(18)13(19)8-11/h2-3,8,10,15,23H,4-7,9H2,1H3. The highest BCUT2D eigenvalue weighted by molar-refractivity contribution is 6.42. The zero-order valence-corrected chi connectivity index (χ0v) is 16.4. The van der Waals surface area contributed by atoms with E-state index >= 15 is 0 Å². The van der Waals surface area contributed by atoms with Gasteiger partial charge in [-0.2, -0.15) is 13.2 Å². The quantitative estimate of drug-likeness (QED) is 0.540. The van der Waals surface area contributed by atoms with Gasteiger partial charge in [-0.25, -0.2) is 4.79 Å². The van der Waals surface area contributed by atoms with Crippen molar-refractivity contribution in [2.24, 2.45) is 5.92 Å². The van der Waals surface area contributed by atoms with E-state index in [1.54, 1.807) is 0 Å². The Bertz CT molecular complexity index is 712. The fourth-order valence-corrected chi connectivity index (χ4v) is 3.08. The van der Waals surface area contributed by atoms with Crippen molar-refractivity contribution in [2.75, 3.05) is 31.6 Å². The number of carbonyl (C=O) groups is 2. The molecule has 0 aromatic heterocycles. The van der Waals surface area contributed by atoms with Gasteiger partial charge < -0.3 is 19.7 Å². The molecule has 1 saturated heterocycles. The van der Waals surface area contributed by atoms with Gasteiger partial charge in [0.15, 0.2) is 0 Å². The molecule has 156 valence electrons. The molecule has 28 heavy (non-hydrogen) atoms. The fraction of sp³-hybridized carbons (Fsp3) is 0.529. The molecular weight excluding hydrogens is 424 g/mol. The number of carbonyl (C=O) groups excluding carboxylic acids is 2. The molecule has 0 spiro atoms. The number of hydrogen-bond donors (Lipinski definition) is 1. The summed E-state index contributed by atoms with van der Waals surface area (Å²) in [7, 11) is 0.976. The summed E-state index contributed by atoms with van der Waals surface area (Å²) in [4.78, 5) is 25.2. The molecule has 2 rings (SSSR count). The van der Waals surface area contributed by atoms with Crippen LogP contribution >= 0.6 is 23.2 Å². The number of nitrogens with zero attached hydrogens (tertiary/aromatic N) is 1. The summed E-state index contributed by atoms with van der Waals surface area (Å²) in [5, 5.41) is 3.62. The highest BCUT2D eigenvalue weighted by Gasteiger charge is 2.44. The van der Waals surface area contributed by atoms with E-state index in [4.69, 9.17) is 27.9 Å². The van der Waals surface area contributed by atoms with Crippen LogP contribution in [0, 0.1) is 5.92 Å². The number of esters is 1. The summed E-state index contributed by atoms with van der Waals surface area (Å²) in [5.74, 6) is -3.36. The van der Waals surface area contributed by atoms with E-state index in [-0.39, 0.29) is 22.5 Å². The van der Waals surface area contributed by atoms with Crippen LogP contribution in [0.2, 0.25) is 10.0 Å². The van der Waals surface area contributed by atoms with Gasteiger partial charge in [0.2, 0.25) is 0 Å². The highest BCUT2D eigenvalue weighted by atomic mass is 35.5. The van der Waals surface area contributed by atoms with Crippen LogP contribution in [-0.4, -0.2) is 51.1 Å². The van der Waals surface area contributed by atoms with Crippen LogP contribution in [-0.2, 0) is 19.1 Å². The lowest BCUT2D eigenvalue weighted by Gasteiger charge is -2.32. The number of benzene rings is 1. The number of halogens is 5. The van der Waals surface area contributed by atoms with Gasteiger partial charge in [-0.1, -0.05) is 23.2 Å². The molecule has 1 heterocycles. The predicted octanol–water partition coefficient (Wildman–Crippen LogP) is 3.40. The molecule has 1 fully saturated rings. The van der Waals surface area contributed by atoms with Crippen LogP contribution in [0.1, 0.15) is 12.8 Å².